The van der Waals surface area contributed by atoms with E-state index in [1.54, 1.807) is 4.90 Å². The lowest BCUT2D eigenvalue weighted by Crippen LogP contribution is -2.60. The summed E-state index contributed by atoms with van der Waals surface area (Å²) < 4.78 is 19.5. The standard InChI is InChI=1S/C28H45FN6O5/c1-27(2,29)18-22(34-23(36)20(31)17-19-9-5-4-6-10-19)24(37)33-21(11-7-8-14-30)25(38)35-15-12-28(32,13-16-35)26(39)40-3/h4-6,9-10,20-22H,7-8,11-18,30-32H2,1-3H3,(H,33,37)(H,34,36)/t20-,21-,22?/m1/s1. The summed E-state index contributed by atoms with van der Waals surface area (Å²) in [5.41, 5.74) is 15.8. The number of hydrogen-bond donors (Lipinski definition) is 5. The van der Waals surface area contributed by atoms with Gasteiger partial charge in [0.25, 0.3) is 0 Å². The largest absolute Gasteiger partial charge is 0.468 e. The Kier molecular flexibility index (Phi) is 12.5. The summed E-state index contributed by atoms with van der Waals surface area (Å²) in [6, 6.07) is 6.03. The normalized spacial score (nSPS) is 17.3. The number of alkyl halides is 1. The van der Waals surface area contributed by atoms with Gasteiger partial charge in [0.15, 0.2) is 0 Å². The fourth-order valence-electron chi connectivity index (χ4n) is 4.71. The van der Waals surface area contributed by atoms with E-state index in [1.807, 2.05) is 30.3 Å². The van der Waals surface area contributed by atoms with Crippen LogP contribution in [-0.4, -0.2) is 84.7 Å². The molecule has 12 heteroatoms. The van der Waals surface area contributed by atoms with Crippen LogP contribution in [0.2, 0.25) is 0 Å². The van der Waals surface area contributed by atoms with E-state index in [2.05, 4.69) is 10.6 Å². The number of amides is 3. The summed E-state index contributed by atoms with van der Waals surface area (Å²) >= 11 is 0. The summed E-state index contributed by atoms with van der Waals surface area (Å²) in [6.45, 7) is 3.45. The molecule has 224 valence electrons. The van der Waals surface area contributed by atoms with Crippen LogP contribution in [-0.2, 0) is 30.3 Å². The van der Waals surface area contributed by atoms with E-state index in [-0.39, 0.29) is 44.7 Å². The number of carbonyl (C=O) groups is 4. The van der Waals surface area contributed by atoms with Gasteiger partial charge in [-0.2, -0.15) is 0 Å². The number of nitrogens with zero attached hydrogens (tertiary/aromatic N) is 1. The highest BCUT2D eigenvalue weighted by Gasteiger charge is 2.41. The molecule has 3 atom stereocenters. The Morgan fingerprint density at radius 3 is 2.20 bits per heavy atom. The van der Waals surface area contributed by atoms with E-state index in [4.69, 9.17) is 21.9 Å². The molecule has 8 N–H and O–H groups in total. The minimum atomic E-state index is -1.79. The molecule has 0 radical (unpaired) electrons. The monoisotopic (exact) mass is 564 g/mol. The van der Waals surface area contributed by atoms with Crippen molar-refractivity contribution in [2.24, 2.45) is 17.2 Å². The van der Waals surface area contributed by atoms with Crippen molar-refractivity contribution in [3.63, 3.8) is 0 Å². The van der Waals surface area contributed by atoms with Crippen LogP contribution < -0.4 is 27.8 Å². The molecular formula is C28H45FN6O5. The van der Waals surface area contributed by atoms with Gasteiger partial charge in [-0.15, -0.1) is 0 Å². The van der Waals surface area contributed by atoms with Gasteiger partial charge in [-0.05, 0) is 64.5 Å². The van der Waals surface area contributed by atoms with E-state index in [1.165, 1.54) is 21.0 Å². The molecule has 1 aromatic carbocycles. The quantitative estimate of drug-likeness (QED) is 0.158. The average Bonchev–Trinajstić information content (AvgIpc) is 2.91. The van der Waals surface area contributed by atoms with Crippen molar-refractivity contribution in [1.82, 2.24) is 15.5 Å². The number of ether oxygens (including phenoxy) is 1. The first-order chi connectivity index (χ1) is 18.8. The fourth-order valence-corrected chi connectivity index (χ4v) is 4.71. The number of unbranched alkanes of at least 4 members (excludes halogenated alkanes) is 1. The van der Waals surface area contributed by atoms with Gasteiger partial charge < -0.3 is 37.5 Å². The Labute approximate surface area is 235 Å². The third-order valence-corrected chi connectivity index (χ3v) is 7.08. The number of halogens is 1. The second-order valence-corrected chi connectivity index (χ2v) is 11.1. The predicted molar refractivity (Wildman–Crippen MR) is 149 cm³/mol. The van der Waals surface area contributed by atoms with Crippen molar-refractivity contribution in [1.29, 1.82) is 0 Å². The Morgan fingerprint density at radius 2 is 1.65 bits per heavy atom. The van der Waals surface area contributed by atoms with Crippen molar-refractivity contribution < 1.29 is 28.3 Å². The molecule has 40 heavy (non-hydrogen) atoms. The molecule has 0 bridgehead atoms. The van der Waals surface area contributed by atoms with Crippen LogP contribution in [0.25, 0.3) is 0 Å². The predicted octanol–water partition coefficient (Wildman–Crippen LogP) is 0.286. The van der Waals surface area contributed by atoms with Gasteiger partial charge in [-0.3, -0.25) is 19.2 Å². The zero-order valence-electron chi connectivity index (χ0n) is 23.8. The molecule has 1 fully saturated rings. The summed E-state index contributed by atoms with van der Waals surface area (Å²) in [6.07, 6.45) is 1.86. The van der Waals surface area contributed by atoms with Crippen molar-refractivity contribution >= 4 is 23.7 Å². The summed E-state index contributed by atoms with van der Waals surface area (Å²) in [5.74, 6) is -2.16. The molecule has 11 nitrogen and oxygen atoms in total. The zero-order chi connectivity index (χ0) is 29.9. The maximum absolute atomic E-state index is 14.7. The van der Waals surface area contributed by atoms with Crippen LogP contribution in [0.5, 0.6) is 0 Å². The number of esters is 1. The minimum absolute atomic E-state index is 0.208. The molecule has 1 aliphatic heterocycles. The van der Waals surface area contributed by atoms with Crippen molar-refractivity contribution in [3.05, 3.63) is 35.9 Å². The van der Waals surface area contributed by atoms with Gasteiger partial charge in [0, 0.05) is 19.5 Å². The molecule has 3 amide bonds. The average molecular weight is 565 g/mol. The first-order valence-electron chi connectivity index (χ1n) is 13.7. The molecular weight excluding hydrogens is 519 g/mol. The highest BCUT2D eigenvalue weighted by Crippen LogP contribution is 2.23. The third kappa shape index (κ3) is 10.1. The molecule has 0 spiro atoms. The molecule has 1 unspecified atom stereocenters. The topological polar surface area (TPSA) is 183 Å². The van der Waals surface area contributed by atoms with Gasteiger partial charge >= 0.3 is 5.97 Å². The number of piperidine rings is 1. The highest BCUT2D eigenvalue weighted by atomic mass is 19.1. The van der Waals surface area contributed by atoms with Gasteiger partial charge in [0.1, 0.15) is 23.3 Å². The third-order valence-electron chi connectivity index (χ3n) is 7.08. The van der Waals surface area contributed by atoms with Gasteiger partial charge in [-0.1, -0.05) is 30.3 Å². The number of nitrogens with one attached hydrogen (secondary N) is 2. The van der Waals surface area contributed by atoms with Crippen LogP contribution in [0.3, 0.4) is 0 Å². The van der Waals surface area contributed by atoms with E-state index in [0.717, 1.165) is 5.56 Å². The molecule has 2 rings (SSSR count). The van der Waals surface area contributed by atoms with E-state index in [0.29, 0.717) is 25.8 Å². The lowest BCUT2D eigenvalue weighted by atomic mass is 9.88. The maximum atomic E-state index is 14.7. The molecule has 1 aromatic rings. The van der Waals surface area contributed by atoms with E-state index in [9.17, 15) is 23.6 Å². The SMILES string of the molecule is COC(=O)C1(N)CCN(C(=O)[C@@H](CCCCN)NC(=O)C(CC(C)(C)F)NC(=O)[C@H](N)Cc2ccccc2)CC1. The summed E-state index contributed by atoms with van der Waals surface area (Å²) in [7, 11) is 1.26. The van der Waals surface area contributed by atoms with Gasteiger partial charge in [-0.25, -0.2) is 4.39 Å². The smallest absolute Gasteiger partial charge is 0.325 e. The fraction of sp³-hybridized carbons (Fsp3) is 0.643. The molecule has 1 saturated heterocycles. The number of benzene rings is 1. The number of carbonyl (C=O) groups excluding carboxylic acids is 4. The van der Waals surface area contributed by atoms with Crippen LogP contribution in [0.15, 0.2) is 30.3 Å². The molecule has 0 aliphatic carbocycles. The Bertz CT molecular complexity index is 995. The minimum Gasteiger partial charge on any atom is -0.468 e. The van der Waals surface area contributed by atoms with Crippen LogP contribution in [0, 0.1) is 0 Å². The van der Waals surface area contributed by atoms with Crippen molar-refractivity contribution in [2.75, 3.05) is 26.7 Å². The van der Waals surface area contributed by atoms with E-state index < -0.39 is 47.1 Å². The summed E-state index contributed by atoms with van der Waals surface area (Å²) in [5, 5.41) is 5.31. The number of likely N-dealkylation sites (tertiary alicyclic amines) is 1. The highest BCUT2D eigenvalue weighted by molar-refractivity contribution is 5.93. The second-order valence-electron chi connectivity index (χ2n) is 11.1. The van der Waals surface area contributed by atoms with Crippen LogP contribution in [0.1, 0.15) is 57.9 Å². The van der Waals surface area contributed by atoms with Crippen molar-refractivity contribution in [2.45, 2.75) is 88.1 Å². The second kappa shape index (κ2) is 15.1. The Morgan fingerprint density at radius 1 is 1.05 bits per heavy atom. The van der Waals surface area contributed by atoms with Gasteiger partial charge in [0.2, 0.25) is 17.7 Å². The van der Waals surface area contributed by atoms with Crippen molar-refractivity contribution in [3.8, 4) is 0 Å². The Hall–Kier alpha value is -3.09. The molecule has 1 heterocycles. The van der Waals surface area contributed by atoms with Crippen LogP contribution in [0.4, 0.5) is 4.39 Å². The number of nitrogens with two attached hydrogens (primary N) is 3. The lowest BCUT2D eigenvalue weighted by Gasteiger charge is -2.38. The molecule has 0 aromatic heterocycles. The van der Waals surface area contributed by atoms with E-state index >= 15 is 0 Å². The molecule has 1 aliphatic rings. The number of rotatable bonds is 14. The maximum Gasteiger partial charge on any atom is 0.325 e. The number of hydrogen-bond acceptors (Lipinski definition) is 8. The van der Waals surface area contributed by atoms with Crippen LogP contribution >= 0.6 is 0 Å². The molecule has 0 saturated carbocycles. The van der Waals surface area contributed by atoms with Gasteiger partial charge in [0.05, 0.1) is 13.2 Å². The lowest BCUT2D eigenvalue weighted by molar-refractivity contribution is -0.151. The summed E-state index contributed by atoms with van der Waals surface area (Å²) in [4.78, 5) is 53.3. The first kappa shape index (κ1) is 33.1. The zero-order valence-corrected chi connectivity index (χ0v) is 23.8. The number of methoxy groups -OCH3 is 1. The first-order valence-corrected chi connectivity index (χ1v) is 13.7. The Balaban J connectivity index is 2.13.